The normalized spacial score (nSPS) is 22.0. The molecule has 2 unspecified atom stereocenters. The molecule has 0 bridgehead atoms. The van der Waals surface area contributed by atoms with Crippen LogP contribution in [0, 0.1) is 0 Å². The van der Waals surface area contributed by atoms with Crippen LogP contribution in [-0.4, -0.2) is 26.9 Å². The van der Waals surface area contributed by atoms with E-state index in [-0.39, 0.29) is 0 Å². The highest BCUT2D eigenvalue weighted by Gasteiger charge is 2.29. The third-order valence-electron chi connectivity index (χ3n) is 1.11. The van der Waals surface area contributed by atoms with Gasteiger partial charge in [-0.15, -0.1) is 0 Å². The molecule has 4 heteroatoms. The van der Waals surface area contributed by atoms with E-state index in [0.717, 1.165) is 21.9 Å². The summed E-state index contributed by atoms with van der Waals surface area (Å²) in [6.07, 6.45) is -1.58. The van der Waals surface area contributed by atoms with Gasteiger partial charge in [0.05, 0.1) is 0 Å². The molecule has 0 rings (SSSR count). The Morgan fingerprint density at radius 3 is 2.12 bits per heavy atom. The van der Waals surface area contributed by atoms with Crippen LogP contribution in [0.2, 0.25) is 0 Å². The number of ether oxygens (including phenoxy) is 1. The van der Waals surface area contributed by atoms with Gasteiger partial charge in [-0.05, 0) is 6.92 Å². The van der Waals surface area contributed by atoms with Crippen LogP contribution < -0.4 is 0 Å². The van der Waals surface area contributed by atoms with Crippen molar-refractivity contribution in [2.45, 2.75) is 18.8 Å². The molecule has 0 heterocycles. The van der Waals surface area contributed by atoms with Crippen molar-refractivity contribution >= 4 is 7.85 Å². The number of hydrogen-bond acceptors (Lipinski definition) is 1. The summed E-state index contributed by atoms with van der Waals surface area (Å²) in [6, 6.07) is 0. The van der Waals surface area contributed by atoms with Crippen LogP contribution in [0.5, 0.6) is 0 Å². The lowest BCUT2D eigenvalue weighted by Crippen LogP contribution is -2.35. The summed E-state index contributed by atoms with van der Waals surface area (Å²) in [5, 5.41) is 0. The van der Waals surface area contributed by atoms with Crippen molar-refractivity contribution < 1.29 is 13.5 Å². The molecule has 0 fully saturated rings. The second kappa shape index (κ2) is 2.44. The van der Waals surface area contributed by atoms with Crippen LogP contribution in [-0.2, 0) is 4.74 Å². The largest absolute Gasteiger partial charge is 0.354 e. The summed E-state index contributed by atoms with van der Waals surface area (Å²) >= 11 is 0. The highest BCUT2D eigenvalue weighted by Crippen LogP contribution is 2.14. The summed E-state index contributed by atoms with van der Waals surface area (Å²) in [5.74, 6) is -2.13. The van der Waals surface area contributed by atoms with Gasteiger partial charge in [0.25, 0.3) is 0 Å². The van der Waals surface area contributed by atoms with Gasteiger partial charge in [0.15, 0.2) is 13.6 Å². The maximum Gasteiger partial charge on any atom is 0.197 e. The van der Waals surface area contributed by atoms with Crippen LogP contribution >= 0.6 is 0 Å². The fourth-order valence-electron chi connectivity index (χ4n) is 0.162. The van der Waals surface area contributed by atoms with Crippen molar-refractivity contribution in [2.24, 2.45) is 0 Å². The Morgan fingerprint density at radius 2 is 2.12 bits per heavy atom. The minimum Gasteiger partial charge on any atom is -0.354 e. The number of rotatable bonds is 2. The molecule has 0 aliphatic heterocycles. The average molecular weight is 122 g/mol. The lowest BCUT2D eigenvalue weighted by molar-refractivity contribution is -0.0950. The van der Waals surface area contributed by atoms with E-state index in [1.165, 1.54) is 0 Å². The number of hydrogen-bond donors (Lipinski definition) is 0. The Balaban J connectivity index is 3.71. The fourth-order valence-corrected chi connectivity index (χ4v) is 0.162. The molecule has 0 saturated carbocycles. The number of alkyl halides is 2. The molecular weight excluding hydrogens is 113 g/mol. The van der Waals surface area contributed by atoms with E-state index in [0.29, 0.717) is 0 Å². The monoisotopic (exact) mass is 122 g/mol. The minimum absolute atomic E-state index is 1.05. The highest BCUT2D eigenvalue weighted by molar-refractivity contribution is 6.13. The van der Waals surface area contributed by atoms with Crippen molar-refractivity contribution in [3.05, 3.63) is 0 Å². The molecule has 0 saturated heterocycles. The van der Waals surface area contributed by atoms with Gasteiger partial charge >= 0.3 is 0 Å². The van der Waals surface area contributed by atoms with Gasteiger partial charge in [0, 0.05) is 7.11 Å². The van der Waals surface area contributed by atoms with E-state index < -0.39 is 11.9 Å². The lowest BCUT2D eigenvalue weighted by Gasteiger charge is -2.19. The van der Waals surface area contributed by atoms with Crippen molar-refractivity contribution in [3.63, 3.8) is 0 Å². The molecular formula is C4H9BF2O. The van der Waals surface area contributed by atoms with Crippen molar-refractivity contribution in [2.75, 3.05) is 7.11 Å². The van der Waals surface area contributed by atoms with E-state index >= 15 is 0 Å². The average Bonchev–Trinajstić information content (AvgIpc) is 1.67. The van der Waals surface area contributed by atoms with Gasteiger partial charge in [0.1, 0.15) is 6.17 Å². The molecule has 0 amide bonds. The van der Waals surface area contributed by atoms with E-state index in [1.807, 2.05) is 0 Å². The van der Waals surface area contributed by atoms with Gasteiger partial charge in [-0.3, -0.25) is 0 Å². The van der Waals surface area contributed by atoms with E-state index in [2.05, 4.69) is 4.74 Å². The third kappa shape index (κ3) is 1.78. The standard InChI is InChI=1S/C4H9BF2O/c1-3(6)4(5,7)8-2/h3H,5H2,1-2H3. The molecule has 0 aromatic carbocycles. The van der Waals surface area contributed by atoms with E-state index in [4.69, 9.17) is 0 Å². The van der Waals surface area contributed by atoms with Crippen LogP contribution in [0.3, 0.4) is 0 Å². The lowest BCUT2D eigenvalue weighted by atomic mass is 9.93. The molecule has 2 atom stereocenters. The van der Waals surface area contributed by atoms with Crippen LogP contribution in [0.1, 0.15) is 6.92 Å². The molecule has 0 aromatic rings. The SMILES string of the molecule is BC(F)(OC)C(C)F. The predicted octanol–water partition coefficient (Wildman–Crippen LogP) is 0.247. The van der Waals surface area contributed by atoms with Gasteiger partial charge in [-0.1, -0.05) is 0 Å². The zero-order chi connectivity index (χ0) is 6.78. The van der Waals surface area contributed by atoms with Crippen LogP contribution in [0.25, 0.3) is 0 Å². The zero-order valence-corrected chi connectivity index (χ0v) is 5.24. The van der Waals surface area contributed by atoms with Crippen LogP contribution in [0.15, 0.2) is 0 Å². The maximum absolute atomic E-state index is 12.3. The minimum atomic E-state index is -2.13. The first kappa shape index (κ1) is 7.88. The molecule has 0 aromatic heterocycles. The number of methoxy groups -OCH3 is 1. The summed E-state index contributed by atoms with van der Waals surface area (Å²) in [5.41, 5.74) is 0. The van der Waals surface area contributed by atoms with E-state index in [1.54, 1.807) is 0 Å². The topological polar surface area (TPSA) is 9.23 Å². The smallest absolute Gasteiger partial charge is 0.197 e. The first-order valence-corrected chi connectivity index (χ1v) is 2.39. The molecule has 0 aliphatic carbocycles. The van der Waals surface area contributed by atoms with Crippen LogP contribution in [0.4, 0.5) is 8.78 Å². The van der Waals surface area contributed by atoms with Crippen molar-refractivity contribution in [1.82, 2.24) is 0 Å². The molecule has 0 spiro atoms. The quantitative estimate of drug-likeness (QED) is 0.477. The van der Waals surface area contributed by atoms with Gasteiger partial charge in [-0.2, -0.15) is 0 Å². The predicted molar refractivity (Wildman–Crippen MR) is 30.0 cm³/mol. The van der Waals surface area contributed by atoms with Gasteiger partial charge in [0.2, 0.25) is 0 Å². The second-order valence-electron chi connectivity index (χ2n) is 1.81. The fraction of sp³-hybridized carbons (Fsp3) is 1.00. The molecule has 48 valence electrons. The molecule has 8 heavy (non-hydrogen) atoms. The molecule has 0 radical (unpaired) electrons. The molecule has 1 nitrogen and oxygen atoms in total. The Morgan fingerprint density at radius 1 is 1.75 bits per heavy atom. The summed E-state index contributed by atoms with van der Waals surface area (Å²) in [6.45, 7) is 1.11. The Bertz CT molecular complexity index is 74.4. The van der Waals surface area contributed by atoms with Gasteiger partial charge < -0.3 is 4.74 Å². The first-order chi connectivity index (χ1) is 3.50. The Hall–Kier alpha value is -0.115. The highest BCUT2D eigenvalue weighted by atomic mass is 19.2. The van der Waals surface area contributed by atoms with Gasteiger partial charge in [-0.25, -0.2) is 8.78 Å². The molecule has 0 N–H and O–H groups in total. The number of halogens is 2. The first-order valence-electron chi connectivity index (χ1n) is 2.39. The van der Waals surface area contributed by atoms with Crippen molar-refractivity contribution in [1.29, 1.82) is 0 Å². The Kier molecular flexibility index (Phi) is 2.41. The Labute approximate surface area is 48.4 Å². The second-order valence-corrected chi connectivity index (χ2v) is 1.81. The summed E-state index contributed by atoms with van der Waals surface area (Å²) in [4.78, 5) is 0. The van der Waals surface area contributed by atoms with E-state index in [9.17, 15) is 8.78 Å². The zero-order valence-electron chi connectivity index (χ0n) is 5.24. The summed E-state index contributed by atoms with van der Waals surface area (Å²) < 4.78 is 28.5. The molecule has 0 aliphatic rings. The van der Waals surface area contributed by atoms with Crippen molar-refractivity contribution in [3.8, 4) is 0 Å². The third-order valence-corrected chi connectivity index (χ3v) is 1.11. The maximum atomic E-state index is 12.3. The summed E-state index contributed by atoms with van der Waals surface area (Å²) in [7, 11) is 2.19.